The van der Waals surface area contributed by atoms with E-state index in [1.54, 1.807) is 14.0 Å². The van der Waals surface area contributed by atoms with Crippen LogP contribution in [0.15, 0.2) is 40.3 Å². The summed E-state index contributed by atoms with van der Waals surface area (Å²) >= 11 is 0. The summed E-state index contributed by atoms with van der Waals surface area (Å²) in [4.78, 5) is 10.1. The Morgan fingerprint density at radius 1 is 0.964 bits per heavy atom. The lowest BCUT2D eigenvalue weighted by atomic mass is 10.3. The molecule has 0 atom stereocenters. The van der Waals surface area contributed by atoms with E-state index in [0.717, 1.165) is 12.1 Å². The van der Waals surface area contributed by atoms with Gasteiger partial charge in [0, 0.05) is 45.4 Å². The van der Waals surface area contributed by atoms with Crippen LogP contribution in [0.5, 0.6) is 0 Å². The fraction of sp³-hybridized carbons (Fsp3) is 0.400. The Kier molecular flexibility index (Phi) is 5.27. The average molecular weight is 429 g/mol. The summed E-state index contributed by atoms with van der Waals surface area (Å²) in [5.41, 5.74) is 0.294. The summed E-state index contributed by atoms with van der Waals surface area (Å²) in [5.74, 6) is 0. The zero-order valence-electron chi connectivity index (χ0n) is 15.2. The van der Waals surface area contributed by atoms with E-state index in [-0.39, 0.29) is 41.7 Å². The summed E-state index contributed by atoms with van der Waals surface area (Å²) in [6, 6.07) is 4.60. The molecule has 1 aromatic heterocycles. The van der Waals surface area contributed by atoms with Gasteiger partial charge in [0.05, 0.1) is 21.7 Å². The average Bonchev–Trinajstić information content (AvgIpc) is 3.01. The highest BCUT2D eigenvalue weighted by molar-refractivity contribution is 7.89. The fourth-order valence-corrected chi connectivity index (χ4v) is 5.94. The molecule has 2 heterocycles. The van der Waals surface area contributed by atoms with E-state index in [1.165, 1.54) is 31.6 Å². The zero-order valence-corrected chi connectivity index (χ0v) is 16.9. The molecule has 3 rings (SSSR count). The minimum atomic E-state index is -3.87. The molecular formula is C15H19N5O6S2. The second-order valence-corrected chi connectivity index (χ2v) is 10.1. The van der Waals surface area contributed by atoms with Gasteiger partial charge >= 0.3 is 0 Å². The Morgan fingerprint density at radius 2 is 1.46 bits per heavy atom. The molecule has 0 amide bonds. The van der Waals surface area contributed by atoms with Crippen LogP contribution in [0.3, 0.4) is 0 Å². The third-order valence-corrected chi connectivity index (χ3v) is 8.61. The van der Waals surface area contributed by atoms with Crippen molar-refractivity contribution in [2.45, 2.75) is 16.7 Å². The highest BCUT2D eigenvalue weighted by atomic mass is 32.2. The lowest BCUT2D eigenvalue weighted by Crippen LogP contribution is -2.50. The number of piperazine rings is 1. The number of non-ortho nitro benzene ring substituents is 1. The molecule has 1 aliphatic rings. The zero-order chi connectivity index (χ0) is 20.7. The van der Waals surface area contributed by atoms with Gasteiger partial charge in [0.2, 0.25) is 20.0 Å². The predicted molar refractivity (Wildman–Crippen MR) is 98.6 cm³/mol. The van der Waals surface area contributed by atoms with Crippen molar-refractivity contribution in [3.8, 4) is 0 Å². The maximum Gasteiger partial charge on any atom is 0.269 e. The number of aromatic nitrogens is 2. The molecule has 0 aliphatic carbocycles. The maximum atomic E-state index is 12.8. The highest BCUT2D eigenvalue weighted by Crippen LogP contribution is 2.24. The van der Waals surface area contributed by atoms with Crippen LogP contribution in [0.4, 0.5) is 5.69 Å². The van der Waals surface area contributed by atoms with E-state index in [2.05, 4.69) is 5.10 Å². The lowest BCUT2D eigenvalue weighted by Gasteiger charge is -2.33. The van der Waals surface area contributed by atoms with Crippen molar-refractivity contribution in [3.05, 3.63) is 46.3 Å². The van der Waals surface area contributed by atoms with Crippen molar-refractivity contribution in [2.75, 3.05) is 26.2 Å². The Bertz CT molecular complexity index is 1100. The lowest BCUT2D eigenvalue weighted by molar-refractivity contribution is -0.384. The minimum absolute atomic E-state index is 0.00286. The number of rotatable bonds is 5. The van der Waals surface area contributed by atoms with Crippen LogP contribution in [-0.4, -0.2) is 66.3 Å². The number of hydrogen-bond donors (Lipinski definition) is 0. The minimum Gasteiger partial charge on any atom is -0.272 e. The molecule has 152 valence electrons. The molecule has 1 fully saturated rings. The second kappa shape index (κ2) is 7.24. The van der Waals surface area contributed by atoms with E-state index < -0.39 is 25.0 Å². The Morgan fingerprint density at radius 3 is 1.89 bits per heavy atom. The molecule has 11 nitrogen and oxygen atoms in total. The second-order valence-electron chi connectivity index (χ2n) is 6.28. The summed E-state index contributed by atoms with van der Waals surface area (Å²) in [6.07, 6.45) is 1.28. The first-order valence-electron chi connectivity index (χ1n) is 8.28. The van der Waals surface area contributed by atoms with Gasteiger partial charge in [-0.2, -0.15) is 13.7 Å². The number of hydrogen-bond acceptors (Lipinski definition) is 7. The van der Waals surface area contributed by atoms with E-state index in [4.69, 9.17) is 0 Å². The van der Waals surface area contributed by atoms with Crippen molar-refractivity contribution in [3.63, 3.8) is 0 Å². The van der Waals surface area contributed by atoms with Crippen molar-refractivity contribution < 1.29 is 21.8 Å². The molecule has 0 spiro atoms. The molecule has 0 radical (unpaired) electrons. The molecule has 1 saturated heterocycles. The standard InChI is InChI=1S/C15H19N5O6S2/c1-12-15(11-16-17(12)2)28(25,26)19-9-7-18(8-10-19)27(23,24)14-5-3-13(4-6-14)20(21)22/h3-6,11H,7-10H2,1-2H3. The molecule has 0 N–H and O–H groups in total. The predicted octanol–water partition coefficient (Wildman–Crippen LogP) is 0.332. The molecule has 13 heteroatoms. The number of sulfonamides is 2. The van der Waals surface area contributed by atoms with Crippen LogP contribution in [0.1, 0.15) is 5.69 Å². The van der Waals surface area contributed by atoms with Crippen LogP contribution < -0.4 is 0 Å². The number of nitro groups is 1. The van der Waals surface area contributed by atoms with Crippen molar-refractivity contribution in [1.29, 1.82) is 0 Å². The maximum absolute atomic E-state index is 12.8. The molecule has 28 heavy (non-hydrogen) atoms. The first kappa shape index (κ1) is 20.4. The van der Waals surface area contributed by atoms with Gasteiger partial charge in [-0.3, -0.25) is 14.8 Å². The SMILES string of the molecule is Cc1c(S(=O)(=O)N2CCN(S(=O)(=O)c3ccc([N+](=O)[O-])cc3)CC2)cnn1C. The van der Waals surface area contributed by atoms with Crippen LogP contribution in [0.2, 0.25) is 0 Å². The Balaban J connectivity index is 1.75. The summed E-state index contributed by atoms with van der Waals surface area (Å²) < 4.78 is 54.9. The van der Waals surface area contributed by atoms with Crippen molar-refractivity contribution in [2.24, 2.45) is 7.05 Å². The third-order valence-electron chi connectivity index (χ3n) is 4.69. The molecular weight excluding hydrogens is 410 g/mol. The number of aryl methyl sites for hydroxylation is 1. The van der Waals surface area contributed by atoms with Crippen molar-refractivity contribution in [1.82, 2.24) is 18.4 Å². The largest absolute Gasteiger partial charge is 0.272 e. The van der Waals surface area contributed by atoms with Crippen LogP contribution in [-0.2, 0) is 27.1 Å². The summed E-state index contributed by atoms with van der Waals surface area (Å²) in [6.45, 7) is 1.62. The van der Waals surface area contributed by atoms with Gasteiger partial charge in [-0.15, -0.1) is 0 Å². The number of benzene rings is 1. The van der Waals surface area contributed by atoms with Gasteiger partial charge < -0.3 is 0 Å². The monoisotopic (exact) mass is 429 g/mol. The first-order chi connectivity index (χ1) is 13.0. The smallest absolute Gasteiger partial charge is 0.269 e. The Labute approximate surface area is 162 Å². The van der Waals surface area contributed by atoms with Gasteiger partial charge in [-0.1, -0.05) is 0 Å². The molecule has 1 aromatic carbocycles. The van der Waals surface area contributed by atoms with Gasteiger partial charge in [0.1, 0.15) is 4.90 Å². The van der Waals surface area contributed by atoms with Gasteiger partial charge in [0.25, 0.3) is 5.69 Å². The Hall–Kier alpha value is -2.35. The molecule has 2 aromatic rings. The third kappa shape index (κ3) is 3.53. The number of nitro benzene ring substituents is 1. The van der Waals surface area contributed by atoms with E-state index in [1.807, 2.05) is 0 Å². The van der Waals surface area contributed by atoms with Crippen LogP contribution >= 0.6 is 0 Å². The summed E-state index contributed by atoms with van der Waals surface area (Å²) in [5, 5.41) is 14.7. The van der Waals surface area contributed by atoms with E-state index >= 15 is 0 Å². The van der Waals surface area contributed by atoms with Crippen LogP contribution in [0, 0.1) is 17.0 Å². The van der Waals surface area contributed by atoms with Gasteiger partial charge in [0.15, 0.2) is 0 Å². The molecule has 1 aliphatic heterocycles. The quantitative estimate of drug-likeness (QED) is 0.493. The number of nitrogens with zero attached hydrogens (tertiary/aromatic N) is 5. The molecule has 0 saturated carbocycles. The molecule has 0 bridgehead atoms. The molecule has 0 unspecified atom stereocenters. The normalized spacial score (nSPS) is 16.9. The van der Waals surface area contributed by atoms with Crippen molar-refractivity contribution >= 4 is 25.7 Å². The first-order valence-corrected chi connectivity index (χ1v) is 11.2. The highest BCUT2D eigenvalue weighted by Gasteiger charge is 2.35. The fourth-order valence-electron chi connectivity index (χ4n) is 2.91. The summed E-state index contributed by atoms with van der Waals surface area (Å²) in [7, 11) is -5.99. The van der Waals surface area contributed by atoms with Gasteiger partial charge in [-0.25, -0.2) is 16.8 Å². The topological polar surface area (TPSA) is 136 Å². The van der Waals surface area contributed by atoms with E-state index in [0.29, 0.717) is 5.69 Å². The van der Waals surface area contributed by atoms with Gasteiger partial charge in [-0.05, 0) is 19.1 Å². The van der Waals surface area contributed by atoms with E-state index in [9.17, 15) is 26.9 Å². The van der Waals surface area contributed by atoms with Crippen LogP contribution in [0.25, 0.3) is 0 Å².